The van der Waals surface area contributed by atoms with Crippen LogP contribution in [0.25, 0.3) is 10.6 Å². The number of nitrogens with zero attached hydrogens (tertiary/aromatic N) is 1. The first-order valence-corrected chi connectivity index (χ1v) is 8.45. The van der Waals surface area contributed by atoms with Gasteiger partial charge in [0.1, 0.15) is 5.01 Å². The van der Waals surface area contributed by atoms with Gasteiger partial charge in [-0.1, -0.05) is 42.3 Å². The highest BCUT2D eigenvalue weighted by Crippen LogP contribution is 2.41. The van der Waals surface area contributed by atoms with Gasteiger partial charge in [0.25, 0.3) is 0 Å². The Morgan fingerprint density at radius 1 is 1.40 bits per heavy atom. The van der Waals surface area contributed by atoms with Crippen molar-refractivity contribution in [2.45, 2.75) is 32.2 Å². The van der Waals surface area contributed by atoms with Crippen molar-refractivity contribution < 1.29 is 0 Å². The third kappa shape index (κ3) is 2.60. The van der Waals surface area contributed by atoms with Crippen LogP contribution in [-0.2, 0) is 6.42 Å². The van der Waals surface area contributed by atoms with Crippen LogP contribution in [0, 0.1) is 0 Å². The molecule has 1 aliphatic rings. The molecule has 1 aromatic carbocycles. The summed E-state index contributed by atoms with van der Waals surface area (Å²) in [6.07, 6.45) is 3.44. The van der Waals surface area contributed by atoms with Crippen LogP contribution in [0.1, 0.15) is 36.4 Å². The van der Waals surface area contributed by atoms with E-state index in [4.69, 9.17) is 28.2 Å². The summed E-state index contributed by atoms with van der Waals surface area (Å²) >= 11 is 14.2. The molecule has 0 radical (unpaired) electrons. The summed E-state index contributed by atoms with van der Waals surface area (Å²) in [5.41, 5.74) is 2.16. The van der Waals surface area contributed by atoms with Gasteiger partial charge in [-0.05, 0) is 31.9 Å². The minimum absolute atomic E-state index is 0.438. The normalized spacial score (nSPS) is 18.1. The van der Waals surface area contributed by atoms with Crippen molar-refractivity contribution in [2.75, 3.05) is 6.54 Å². The van der Waals surface area contributed by atoms with E-state index in [1.165, 1.54) is 23.4 Å². The van der Waals surface area contributed by atoms with Crippen molar-refractivity contribution in [3.63, 3.8) is 0 Å². The highest BCUT2D eigenvalue weighted by atomic mass is 35.5. The maximum atomic E-state index is 6.31. The van der Waals surface area contributed by atoms with Crippen LogP contribution in [0.4, 0.5) is 0 Å². The summed E-state index contributed by atoms with van der Waals surface area (Å²) in [5.74, 6) is 0. The third-order valence-electron chi connectivity index (χ3n) is 3.58. The van der Waals surface area contributed by atoms with Crippen LogP contribution in [-0.4, -0.2) is 11.5 Å². The Balaban J connectivity index is 2.02. The molecular formula is C15H16Cl2N2S. The Hall–Kier alpha value is -0.610. The van der Waals surface area contributed by atoms with E-state index in [0.29, 0.717) is 16.1 Å². The van der Waals surface area contributed by atoms with Crippen molar-refractivity contribution in [3.05, 3.63) is 38.8 Å². The molecule has 1 N–H and O–H groups in total. The number of fused-ring (bicyclic) bond motifs is 1. The molecule has 1 aliphatic carbocycles. The number of nitrogens with one attached hydrogen (secondary N) is 1. The zero-order valence-electron chi connectivity index (χ0n) is 11.2. The van der Waals surface area contributed by atoms with Gasteiger partial charge in [-0.3, -0.25) is 0 Å². The van der Waals surface area contributed by atoms with Gasteiger partial charge >= 0.3 is 0 Å². The molecule has 0 bridgehead atoms. The van der Waals surface area contributed by atoms with Gasteiger partial charge in [0.2, 0.25) is 0 Å². The topological polar surface area (TPSA) is 24.9 Å². The van der Waals surface area contributed by atoms with Gasteiger partial charge in [0.05, 0.1) is 15.7 Å². The number of aromatic nitrogens is 1. The monoisotopic (exact) mass is 326 g/mol. The fraction of sp³-hybridized carbons (Fsp3) is 0.400. The molecule has 20 heavy (non-hydrogen) atoms. The van der Waals surface area contributed by atoms with Crippen LogP contribution in [0.5, 0.6) is 0 Å². The SMILES string of the molecule is CCNC1CCCc2nc(-c3cccc(Cl)c3Cl)sc21. The first-order valence-electron chi connectivity index (χ1n) is 6.88. The molecule has 106 valence electrons. The summed E-state index contributed by atoms with van der Waals surface area (Å²) in [7, 11) is 0. The van der Waals surface area contributed by atoms with Gasteiger partial charge in [-0.25, -0.2) is 4.98 Å². The summed E-state index contributed by atoms with van der Waals surface area (Å²) < 4.78 is 0. The lowest BCUT2D eigenvalue weighted by molar-refractivity contribution is 0.476. The Bertz CT molecular complexity index is 624. The molecule has 0 saturated heterocycles. The smallest absolute Gasteiger partial charge is 0.125 e. The van der Waals surface area contributed by atoms with Crippen molar-refractivity contribution in [1.82, 2.24) is 10.3 Å². The van der Waals surface area contributed by atoms with E-state index in [1.807, 2.05) is 18.2 Å². The third-order valence-corrected chi connectivity index (χ3v) is 5.65. The highest BCUT2D eigenvalue weighted by Gasteiger charge is 2.25. The molecule has 1 unspecified atom stereocenters. The van der Waals surface area contributed by atoms with E-state index in [2.05, 4.69) is 12.2 Å². The standard InChI is InChI=1S/C15H16Cl2N2S/c1-2-18-11-7-4-8-12-14(11)20-15(19-12)9-5-3-6-10(16)13(9)17/h3,5-6,11,18H,2,4,7-8H2,1H3. The van der Waals surface area contributed by atoms with Gasteiger partial charge in [0.15, 0.2) is 0 Å². The van der Waals surface area contributed by atoms with Crippen LogP contribution >= 0.6 is 34.5 Å². The number of thiazole rings is 1. The first kappa shape index (κ1) is 14.3. The molecule has 5 heteroatoms. The molecule has 2 aromatic rings. The maximum absolute atomic E-state index is 6.31. The van der Waals surface area contributed by atoms with E-state index in [-0.39, 0.29) is 0 Å². The molecule has 1 atom stereocenters. The Labute approximate surface area is 133 Å². The van der Waals surface area contributed by atoms with Crippen LogP contribution in [0.15, 0.2) is 18.2 Å². The van der Waals surface area contributed by atoms with Crippen molar-refractivity contribution in [2.24, 2.45) is 0 Å². The predicted octanol–water partition coefficient (Wildman–Crippen LogP) is 5.10. The lowest BCUT2D eigenvalue weighted by atomic mass is 9.98. The Morgan fingerprint density at radius 3 is 3.05 bits per heavy atom. The molecule has 1 aromatic heterocycles. The molecule has 0 aliphatic heterocycles. The lowest BCUT2D eigenvalue weighted by Crippen LogP contribution is -2.23. The molecule has 3 rings (SSSR count). The second kappa shape index (κ2) is 6.02. The van der Waals surface area contributed by atoms with Gasteiger partial charge in [-0.15, -0.1) is 11.3 Å². The molecule has 0 saturated carbocycles. The molecule has 0 spiro atoms. The molecule has 0 amide bonds. The quantitative estimate of drug-likeness (QED) is 0.848. The number of halogens is 2. The van der Waals surface area contributed by atoms with E-state index in [0.717, 1.165) is 23.5 Å². The molecule has 2 nitrogen and oxygen atoms in total. The number of aryl methyl sites for hydroxylation is 1. The fourth-order valence-electron chi connectivity index (χ4n) is 2.64. The van der Waals surface area contributed by atoms with E-state index >= 15 is 0 Å². The summed E-state index contributed by atoms with van der Waals surface area (Å²) in [5, 5.41) is 5.70. The second-order valence-electron chi connectivity index (χ2n) is 4.93. The average Bonchev–Trinajstić information content (AvgIpc) is 2.87. The predicted molar refractivity (Wildman–Crippen MR) is 86.9 cm³/mol. The second-order valence-corrected chi connectivity index (χ2v) is 6.75. The van der Waals surface area contributed by atoms with Crippen LogP contribution < -0.4 is 5.32 Å². The molecule has 1 heterocycles. The summed E-state index contributed by atoms with van der Waals surface area (Å²) in [6, 6.07) is 6.16. The zero-order valence-corrected chi connectivity index (χ0v) is 13.6. The summed E-state index contributed by atoms with van der Waals surface area (Å²) in [6.45, 7) is 3.12. The number of hydrogen-bond donors (Lipinski definition) is 1. The van der Waals surface area contributed by atoms with Crippen LogP contribution in [0.3, 0.4) is 0 Å². The summed E-state index contributed by atoms with van der Waals surface area (Å²) in [4.78, 5) is 6.16. The van der Waals surface area contributed by atoms with Crippen molar-refractivity contribution >= 4 is 34.5 Å². The Morgan fingerprint density at radius 2 is 2.25 bits per heavy atom. The van der Waals surface area contributed by atoms with E-state index < -0.39 is 0 Å². The zero-order chi connectivity index (χ0) is 14.1. The van der Waals surface area contributed by atoms with Gasteiger partial charge in [-0.2, -0.15) is 0 Å². The lowest BCUT2D eigenvalue weighted by Gasteiger charge is -2.21. The van der Waals surface area contributed by atoms with Crippen molar-refractivity contribution in [1.29, 1.82) is 0 Å². The molecular weight excluding hydrogens is 311 g/mol. The van der Waals surface area contributed by atoms with Gasteiger partial charge < -0.3 is 5.32 Å². The van der Waals surface area contributed by atoms with Crippen LogP contribution in [0.2, 0.25) is 10.0 Å². The minimum atomic E-state index is 0.438. The van der Waals surface area contributed by atoms with E-state index in [1.54, 1.807) is 11.3 Å². The molecule has 0 fully saturated rings. The maximum Gasteiger partial charge on any atom is 0.125 e. The Kier molecular flexibility index (Phi) is 4.32. The number of rotatable bonds is 3. The van der Waals surface area contributed by atoms with E-state index in [9.17, 15) is 0 Å². The number of benzene rings is 1. The largest absolute Gasteiger partial charge is 0.309 e. The van der Waals surface area contributed by atoms with Crippen molar-refractivity contribution in [3.8, 4) is 10.6 Å². The first-order chi connectivity index (χ1) is 9.70. The fourth-order valence-corrected chi connectivity index (χ4v) is 4.34. The highest BCUT2D eigenvalue weighted by molar-refractivity contribution is 7.15. The van der Waals surface area contributed by atoms with Gasteiger partial charge in [0, 0.05) is 16.5 Å². The minimum Gasteiger partial charge on any atom is -0.309 e. The average molecular weight is 327 g/mol. The number of hydrogen-bond acceptors (Lipinski definition) is 3.